The zero-order chi connectivity index (χ0) is 18.7. The molecule has 3 nitrogen and oxygen atoms in total. The number of likely N-dealkylation sites (tertiary alicyclic amines) is 1. The minimum absolute atomic E-state index is 0.287. The third kappa shape index (κ3) is 3.88. The Morgan fingerprint density at radius 3 is 2.58 bits per heavy atom. The molecule has 138 valence electrons. The van der Waals surface area contributed by atoms with E-state index in [1.165, 1.54) is 12.1 Å². The smallest absolute Gasteiger partial charge is 0.283 e. The maximum atomic E-state index is 14.3. The third-order valence-electron chi connectivity index (χ3n) is 4.57. The van der Waals surface area contributed by atoms with E-state index in [0.29, 0.717) is 6.41 Å². The summed E-state index contributed by atoms with van der Waals surface area (Å²) in [7, 11) is 0. The largest absolute Gasteiger partial charge is 0.334 e. The molecule has 0 bridgehead atoms. The van der Waals surface area contributed by atoms with Crippen LogP contribution in [0.4, 0.5) is 13.2 Å². The number of nitrogens with zero attached hydrogens (tertiary/aromatic N) is 1. The van der Waals surface area contributed by atoms with Crippen molar-refractivity contribution in [3.8, 4) is 11.1 Å². The molecule has 2 unspecified atom stereocenters. The highest BCUT2D eigenvalue weighted by Gasteiger charge is 2.53. The standard InChI is InChI=1S/C19H19F3N2OS/c1-26-23-18-17(24(12-25)11-19(18,21)22)9-13-4-2-5-14(8-13)15-6-3-7-16(20)10-15/h2-8,10,12,17-18,23H,9,11H2,1H3. The highest BCUT2D eigenvalue weighted by Crippen LogP contribution is 2.34. The molecule has 1 amide bonds. The van der Waals surface area contributed by atoms with Gasteiger partial charge in [-0.05, 0) is 41.5 Å². The first-order valence-corrected chi connectivity index (χ1v) is 9.39. The number of benzene rings is 2. The number of hydrogen-bond acceptors (Lipinski definition) is 3. The summed E-state index contributed by atoms with van der Waals surface area (Å²) in [5, 5.41) is 0. The SMILES string of the molecule is CSNC1C(Cc2cccc(-c3cccc(F)c3)c2)N(C=O)CC1(F)F. The number of halogens is 3. The molecule has 0 saturated carbocycles. The molecule has 0 spiro atoms. The van der Waals surface area contributed by atoms with Gasteiger partial charge in [0.15, 0.2) is 0 Å². The van der Waals surface area contributed by atoms with Gasteiger partial charge in [0.05, 0.1) is 12.6 Å². The predicted molar refractivity (Wildman–Crippen MR) is 97.5 cm³/mol. The Kier molecular flexibility index (Phi) is 5.58. The van der Waals surface area contributed by atoms with E-state index in [4.69, 9.17) is 0 Å². The van der Waals surface area contributed by atoms with Crippen molar-refractivity contribution in [2.45, 2.75) is 24.4 Å². The molecule has 2 aromatic carbocycles. The van der Waals surface area contributed by atoms with Crippen LogP contribution in [0.25, 0.3) is 11.1 Å². The van der Waals surface area contributed by atoms with Gasteiger partial charge in [-0.3, -0.25) is 9.52 Å². The second kappa shape index (κ2) is 7.72. The Morgan fingerprint density at radius 1 is 1.23 bits per heavy atom. The Bertz CT molecular complexity index is 787. The van der Waals surface area contributed by atoms with Crippen LogP contribution in [0.3, 0.4) is 0 Å². The van der Waals surface area contributed by atoms with Gasteiger partial charge in [0, 0.05) is 0 Å². The summed E-state index contributed by atoms with van der Waals surface area (Å²) in [4.78, 5) is 12.4. The molecule has 2 aromatic rings. The van der Waals surface area contributed by atoms with Crippen LogP contribution in [0.15, 0.2) is 48.5 Å². The number of carbonyl (C=O) groups excluding carboxylic acids is 1. The first-order chi connectivity index (χ1) is 12.4. The second-order valence-corrected chi connectivity index (χ2v) is 6.96. The molecule has 1 heterocycles. The van der Waals surface area contributed by atoms with Crippen LogP contribution in [0.5, 0.6) is 0 Å². The van der Waals surface area contributed by atoms with Crippen molar-refractivity contribution < 1.29 is 18.0 Å². The second-order valence-electron chi connectivity index (χ2n) is 6.32. The molecular formula is C19H19F3N2OS. The van der Waals surface area contributed by atoms with Crippen molar-refractivity contribution in [3.63, 3.8) is 0 Å². The normalized spacial score (nSPS) is 21.8. The van der Waals surface area contributed by atoms with E-state index in [1.54, 1.807) is 18.4 Å². The lowest BCUT2D eigenvalue weighted by Crippen LogP contribution is -2.46. The van der Waals surface area contributed by atoms with Gasteiger partial charge in [-0.1, -0.05) is 48.3 Å². The van der Waals surface area contributed by atoms with Gasteiger partial charge in [0.25, 0.3) is 5.92 Å². The Balaban J connectivity index is 1.87. The summed E-state index contributed by atoms with van der Waals surface area (Å²) < 4.78 is 44.7. The Labute approximate surface area is 154 Å². The average molecular weight is 380 g/mol. The lowest BCUT2D eigenvalue weighted by molar-refractivity contribution is -0.120. The van der Waals surface area contributed by atoms with E-state index in [-0.39, 0.29) is 12.2 Å². The first kappa shape index (κ1) is 18.8. The molecule has 1 N–H and O–H groups in total. The molecule has 26 heavy (non-hydrogen) atoms. The van der Waals surface area contributed by atoms with Crippen LogP contribution in [-0.4, -0.2) is 42.1 Å². The molecule has 1 aliphatic heterocycles. The molecule has 1 aliphatic rings. The van der Waals surface area contributed by atoms with Gasteiger partial charge < -0.3 is 4.90 Å². The topological polar surface area (TPSA) is 32.3 Å². The van der Waals surface area contributed by atoms with Crippen molar-refractivity contribution in [1.29, 1.82) is 0 Å². The summed E-state index contributed by atoms with van der Waals surface area (Å²) in [6.07, 6.45) is 2.45. The molecule has 1 fully saturated rings. The number of amides is 1. The summed E-state index contributed by atoms with van der Waals surface area (Å²) in [5.74, 6) is -3.32. The highest BCUT2D eigenvalue weighted by molar-refractivity contribution is 7.96. The Hall–Kier alpha value is -1.99. The van der Waals surface area contributed by atoms with Crippen molar-refractivity contribution in [3.05, 3.63) is 59.9 Å². The highest BCUT2D eigenvalue weighted by atomic mass is 32.2. The predicted octanol–water partition coefficient (Wildman–Crippen LogP) is 3.75. The van der Waals surface area contributed by atoms with E-state index in [9.17, 15) is 18.0 Å². The number of carbonyl (C=O) groups is 1. The zero-order valence-corrected chi connectivity index (χ0v) is 15.0. The number of nitrogens with one attached hydrogen (secondary N) is 1. The summed E-state index contributed by atoms with van der Waals surface area (Å²) >= 11 is 1.12. The molecular weight excluding hydrogens is 361 g/mol. The van der Waals surface area contributed by atoms with E-state index >= 15 is 0 Å². The van der Waals surface area contributed by atoms with Crippen molar-refractivity contribution >= 4 is 18.4 Å². The number of rotatable bonds is 6. The molecule has 7 heteroatoms. The summed E-state index contributed by atoms with van der Waals surface area (Å²) in [6, 6.07) is 11.8. The average Bonchev–Trinajstić information content (AvgIpc) is 2.86. The summed E-state index contributed by atoms with van der Waals surface area (Å²) in [5.41, 5.74) is 2.34. The van der Waals surface area contributed by atoms with E-state index < -0.39 is 24.6 Å². The maximum Gasteiger partial charge on any atom is 0.283 e. The number of alkyl halides is 2. The third-order valence-corrected chi connectivity index (χ3v) is 5.06. The van der Waals surface area contributed by atoms with Crippen molar-refractivity contribution in [2.24, 2.45) is 0 Å². The van der Waals surface area contributed by atoms with Crippen LogP contribution in [0, 0.1) is 5.82 Å². The van der Waals surface area contributed by atoms with E-state index in [0.717, 1.165) is 33.5 Å². The molecule has 0 aromatic heterocycles. The summed E-state index contributed by atoms with van der Waals surface area (Å²) in [6.45, 7) is -0.594. The fraction of sp³-hybridized carbons (Fsp3) is 0.316. The molecule has 1 saturated heterocycles. The Morgan fingerprint density at radius 2 is 1.92 bits per heavy atom. The van der Waals surface area contributed by atoms with Gasteiger partial charge in [-0.15, -0.1) is 0 Å². The van der Waals surface area contributed by atoms with Gasteiger partial charge >= 0.3 is 0 Å². The van der Waals surface area contributed by atoms with Gasteiger partial charge in [0.2, 0.25) is 6.41 Å². The maximum absolute atomic E-state index is 14.3. The van der Waals surface area contributed by atoms with E-state index in [2.05, 4.69) is 4.72 Å². The van der Waals surface area contributed by atoms with Crippen LogP contribution >= 0.6 is 11.9 Å². The molecule has 3 rings (SSSR count). The van der Waals surface area contributed by atoms with Crippen LogP contribution in [0.2, 0.25) is 0 Å². The first-order valence-electron chi connectivity index (χ1n) is 8.17. The van der Waals surface area contributed by atoms with Gasteiger partial charge in [0.1, 0.15) is 11.9 Å². The van der Waals surface area contributed by atoms with Gasteiger partial charge in [-0.2, -0.15) is 0 Å². The van der Waals surface area contributed by atoms with E-state index in [1.807, 2.05) is 24.3 Å². The monoisotopic (exact) mass is 380 g/mol. The fourth-order valence-corrected chi connectivity index (χ4v) is 3.95. The molecule has 0 aliphatic carbocycles. The minimum Gasteiger partial charge on any atom is -0.334 e. The minimum atomic E-state index is -2.99. The zero-order valence-electron chi connectivity index (χ0n) is 14.2. The van der Waals surface area contributed by atoms with Gasteiger partial charge in [-0.25, -0.2) is 13.2 Å². The van der Waals surface area contributed by atoms with Crippen LogP contribution in [0.1, 0.15) is 5.56 Å². The lowest BCUT2D eigenvalue weighted by atomic mass is 9.96. The number of hydrogen-bond donors (Lipinski definition) is 1. The van der Waals surface area contributed by atoms with Crippen LogP contribution < -0.4 is 4.72 Å². The molecule has 2 atom stereocenters. The quantitative estimate of drug-likeness (QED) is 0.612. The fourth-order valence-electron chi connectivity index (χ4n) is 3.36. The van der Waals surface area contributed by atoms with Crippen molar-refractivity contribution in [2.75, 3.05) is 12.8 Å². The van der Waals surface area contributed by atoms with Crippen LogP contribution in [-0.2, 0) is 11.2 Å². The lowest BCUT2D eigenvalue weighted by Gasteiger charge is -2.26. The van der Waals surface area contributed by atoms with Crippen molar-refractivity contribution in [1.82, 2.24) is 9.62 Å². The molecule has 0 radical (unpaired) electrons.